The summed E-state index contributed by atoms with van der Waals surface area (Å²) in [7, 11) is 1.68. The first kappa shape index (κ1) is 18.1. The van der Waals surface area contributed by atoms with Gasteiger partial charge in [0, 0.05) is 24.7 Å². The van der Waals surface area contributed by atoms with Crippen molar-refractivity contribution < 1.29 is 4.79 Å². The Labute approximate surface area is 168 Å². The van der Waals surface area contributed by atoms with Gasteiger partial charge in [0.25, 0.3) is 5.91 Å². The molecule has 0 aliphatic rings. The van der Waals surface area contributed by atoms with Gasteiger partial charge in [-0.15, -0.1) is 0 Å². The van der Waals surface area contributed by atoms with Gasteiger partial charge in [-0.2, -0.15) is 5.10 Å². The lowest BCUT2D eigenvalue weighted by Crippen LogP contribution is -2.28. The van der Waals surface area contributed by atoms with Crippen LogP contribution in [0.15, 0.2) is 91.0 Å². The molecule has 6 heteroatoms. The largest absolute Gasteiger partial charge is 0.397 e. The maximum absolute atomic E-state index is 13.2. The van der Waals surface area contributed by atoms with Gasteiger partial charge in [-0.1, -0.05) is 60.7 Å². The van der Waals surface area contributed by atoms with Crippen LogP contribution in [0.5, 0.6) is 0 Å². The van der Waals surface area contributed by atoms with E-state index >= 15 is 0 Å². The average Bonchev–Trinajstić information content (AvgIpc) is 3.25. The van der Waals surface area contributed by atoms with E-state index in [9.17, 15) is 10.2 Å². The molecule has 1 aromatic heterocycles. The van der Waals surface area contributed by atoms with Gasteiger partial charge in [0.15, 0.2) is 4.98 Å². The Morgan fingerprint density at radius 2 is 1.55 bits per heavy atom. The highest BCUT2D eigenvalue weighted by molar-refractivity contribution is 6.09. The molecule has 1 heterocycles. The Hall–Kier alpha value is -4.24. The lowest BCUT2D eigenvalue weighted by atomic mass is 10.1. The number of carbonyl (C=O) groups excluding carboxylic acids is 1. The highest BCUT2D eigenvalue weighted by Gasteiger charge is 2.26. The van der Waals surface area contributed by atoms with Gasteiger partial charge >= 0.3 is 5.69 Å². The second kappa shape index (κ2) is 7.79. The number of aromatic nitrogens is 2. The second-order valence-corrected chi connectivity index (χ2v) is 6.48. The first-order valence-corrected chi connectivity index (χ1v) is 9.12. The predicted octanol–water partition coefficient (Wildman–Crippen LogP) is 5.30. The summed E-state index contributed by atoms with van der Waals surface area (Å²) >= 11 is 0. The van der Waals surface area contributed by atoms with Crippen molar-refractivity contribution in [1.82, 2.24) is 9.78 Å². The van der Waals surface area contributed by atoms with Crippen molar-refractivity contribution in [2.75, 3.05) is 11.9 Å². The Bertz CT molecular complexity index is 1190. The zero-order chi connectivity index (χ0) is 20.2. The fourth-order valence-electron chi connectivity index (χ4n) is 3.15. The first-order valence-electron chi connectivity index (χ1n) is 9.12. The third kappa shape index (κ3) is 3.49. The predicted molar refractivity (Wildman–Crippen MR) is 113 cm³/mol. The van der Waals surface area contributed by atoms with Crippen LogP contribution in [-0.4, -0.2) is 22.7 Å². The zero-order valence-electron chi connectivity index (χ0n) is 15.8. The molecular formula is C23H18N5O+. The first-order chi connectivity index (χ1) is 14.2. The molecule has 0 aliphatic carbocycles. The van der Waals surface area contributed by atoms with Crippen molar-refractivity contribution >= 4 is 17.4 Å². The molecule has 3 aromatic carbocycles. The Kier molecular flexibility index (Phi) is 4.87. The van der Waals surface area contributed by atoms with Crippen molar-refractivity contribution in [3.63, 3.8) is 0 Å². The van der Waals surface area contributed by atoms with Crippen LogP contribution in [0, 0.1) is 5.39 Å². The normalized spacial score (nSPS) is 10.3. The Morgan fingerprint density at radius 1 is 0.931 bits per heavy atom. The maximum Gasteiger partial charge on any atom is 0.397 e. The molecule has 0 fully saturated rings. The van der Waals surface area contributed by atoms with Crippen LogP contribution in [0.2, 0.25) is 0 Å². The van der Waals surface area contributed by atoms with Crippen LogP contribution in [0.1, 0.15) is 10.4 Å². The highest BCUT2D eigenvalue weighted by Crippen LogP contribution is 2.29. The third-order valence-corrected chi connectivity index (χ3v) is 4.65. The van der Waals surface area contributed by atoms with E-state index in [1.807, 2.05) is 66.7 Å². The maximum atomic E-state index is 13.2. The molecule has 0 saturated carbocycles. The van der Waals surface area contributed by atoms with Crippen LogP contribution in [-0.2, 0) is 0 Å². The summed E-state index contributed by atoms with van der Waals surface area (Å²) in [6.45, 7) is 0. The Balaban J connectivity index is 1.82. The van der Waals surface area contributed by atoms with E-state index in [2.05, 4.69) is 4.98 Å². The number of hydrogen-bond acceptors (Lipinski definition) is 3. The van der Waals surface area contributed by atoms with Crippen LogP contribution >= 0.6 is 0 Å². The number of para-hydroxylation sites is 1. The molecule has 0 radical (unpaired) electrons. The minimum atomic E-state index is -0.296. The number of rotatable bonds is 4. The minimum absolute atomic E-state index is 0.221. The number of benzene rings is 3. The monoisotopic (exact) mass is 380 g/mol. The summed E-state index contributed by atoms with van der Waals surface area (Å²) in [6.07, 6.45) is 0. The van der Waals surface area contributed by atoms with Gasteiger partial charge in [-0.3, -0.25) is 9.69 Å². The van der Waals surface area contributed by atoms with Crippen molar-refractivity contribution in [3.05, 3.63) is 102 Å². The van der Waals surface area contributed by atoms with Crippen molar-refractivity contribution in [2.45, 2.75) is 0 Å². The van der Waals surface area contributed by atoms with Gasteiger partial charge in [0.05, 0.1) is 11.4 Å². The van der Waals surface area contributed by atoms with Gasteiger partial charge in [0.2, 0.25) is 5.39 Å². The van der Waals surface area contributed by atoms with E-state index in [0.717, 1.165) is 16.9 Å². The number of anilines is 1. The number of hydrogen-bond donors (Lipinski definition) is 0. The summed E-state index contributed by atoms with van der Waals surface area (Å²) in [6, 6.07) is 28.0. The van der Waals surface area contributed by atoms with Crippen molar-refractivity contribution in [2.24, 2.45) is 0 Å². The molecule has 0 N–H and O–H groups in total. The molecule has 0 atom stereocenters. The SMILES string of the molecule is CN(C(=O)c1ccccc1[N+]#N)c1cc(-c2ccccc2)nn1-c1ccccc1. The summed E-state index contributed by atoms with van der Waals surface area (Å²) in [5, 5.41) is 14.0. The van der Waals surface area contributed by atoms with Gasteiger partial charge < -0.3 is 0 Å². The van der Waals surface area contributed by atoms with Crippen molar-refractivity contribution in [3.8, 4) is 16.9 Å². The number of carbonyl (C=O) groups is 1. The van der Waals surface area contributed by atoms with Gasteiger partial charge in [-0.25, -0.2) is 4.68 Å². The molecule has 0 bridgehead atoms. The van der Waals surface area contributed by atoms with E-state index in [4.69, 9.17) is 5.10 Å². The third-order valence-electron chi connectivity index (χ3n) is 4.65. The molecule has 1 amide bonds. The molecule has 0 unspecified atom stereocenters. The van der Waals surface area contributed by atoms with Gasteiger partial charge in [0.1, 0.15) is 11.4 Å². The van der Waals surface area contributed by atoms with Gasteiger partial charge in [-0.05, 0) is 18.2 Å². The molecule has 0 aliphatic heterocycles. The van der Waals surface area contributed by atoms with E-state index in [1.165, 1.54) is 4.90 Å². The molecular weight excluding hydrogens is 362 g/mol. The zero-order valence-corrected chi connectivity index (χ0v) is 15.8. The minimum Gasteiger partial charge on any atom is -0.295 e. The standard InChI is InChI=1S/C23H18N5O/c1-27(23(29)19-14-8-9-15-20(19)25-24)22-16-21(17-10-4-2-5-11-17)26-28(22)18-12-6-3-7-13-18/h2-16H,1H3/q+1. The lowest BCUT2D eigenvalue weighted by Gasteiger charge is -2.17. The van der Waals surface area contributed by atoms with Crippen LogP contribution < -0.4 is 4.90 Å². The molecule has 29 heavy (non-hydrogen) atoms. The number of nitrogens with zero attached hydrogens (tertiary/aromatic N) is 5. The summed E-state index contributed by atoms with van der Waals surface area (Å²) in [5.74, 6) is 0.308. The fourth-order valence-corrected chi connectivity index (χ4v) is 3.15. The quantitative estimate of drug-likeness (QED) is 0.451. The molecule has 6 nitrogen and oxygen atoms in total. The number of diazo groups is 1. The smallest absolute Gasteiger partial charge is 0.295 e. The highest BCUT2D eigenvalue weighted by atomic mass is 16.2. The fraction of sp³-hybridized carbons (Fsp3) is 0.0435. The topological polar surface area (TPSA) is 66.3 Å². The molecule has 4 aromatic rings. The van der Waals surface area contributed by atoms with Crippen molar-refractivity contribution in [1.29, 1.82) is 5.39 Å². The van der Waals surface area contributed by atoms with E-state index in [1.54, 1.807) is 36.0 Å². The summed E-state index contributed by atoms with van der Waals surface area (Å²) in [5.41, 5.74) is 3.07. The van der Waals surface area contributed by atoms with E-state index in [0.29, 0.717) is 11.4 Å². The molecule has 0 spiro atoms. The lowest BCUT2D eigenvalue weighted by molar-refractivity contribution is 0.0992. The van der Waals surface area contributed by atoms with Crippen LogP contribution in [0.3, 0.4) is 0 Å². The summed E-state index contributed by atoms with van der Waals surface area (Å²) < 4.78 is 1.74. The Morgan fingerprint density at radius 3 is 2.24 bits per heavy atom. The van der Waals surface area contributed by atoms with E-state index in [-0.39, 0.29) is 11.6 Å². The van der Waals surface area contributed by atoms with E-state index < -0.39 is 0 Å². The van der Waals surface area contributed by atoms with Crippen LogP contribution in [0.4, 0.5) is 11.5 Å². The van der Waals surface area contributed by atoms with Crippen LogP contribution in [0.25, 0.3) is 21.9 Å². The second-order valence-electron chi connectivity index (χ2n) is 6.48. The molecule has 0 saturated heterocycles. The average molecular weight is 380 g/mol. The molecule has 4 rings (SSSR count). The number of amides is 1. The summed E-state index contributed by atoms with van der Waals surface area (Å²) in [4.78, 5) is 17.9. The molecule has 140 valence electrons.